The molecule has 1 aliphatic heterocycles. The lowest BCUT2D eigenvalue weighted by Crippen LogP contribution is -2.41. The first-order valence-corrected chi connectivity index (χ1v) is 12.3. The Morgan fingerprint density at radius 2 is 1.77 bits per heavy atom. The normalized spacial score (nSPS) is 17.8. The Bertz CT molecular complexity index is 1220. The molecule has 4 rings (SSSR count). The van der Waals surface area contributed by atoms with E-state index in [1.54, 1.807) is 0 Å². The molecule has 1 N–H and O–H groups in total. The van der Waals surface area contributed by atoms with Crippen LogP contribution in [-0.4, -0.2) is 39.2 Å². The molecule has 186 valence electrons. The van der Waals surface area contributed by atoms with Crippen LogP contribution in [0.2, 0.25) is 0 Å². The van der Waals surface area contributed by atoms with Gasteiger partial charge in [0.05, 0.1) is 22.6 Å². The van der Waals surface area contributed by atoms with Crippen molar-refractivity contribution >= 4 is 29.5 Å². The van der Waals surface area contributed by atoms with Gasteiger partial charge in [-0.2, -0.15) is 5.10 Å². The standard InChI is InChI=1S/C27H35BN2O5/c1-8-19(25(31)32)20-11-9-10-12-24(20)33-16-22-21-15-18(13-14-23(21)30(29-22)17(2)3)28-34-26(4,5)27(6,7)35-28/h9-15,17,19H,8,16H2,1-7H3,(H,31,32). The van der Waals surface area contributed by atoms with E-state index in [9.17, 15) is 9.90 Å². The minimum Gasteiger partial charge on any atom is -0.487 e. The van der Waals surface area contributed by atoms with Gasteiger partial charge in [-0.05, 0) is 65.6 Å². The first-order chi connectivity index (χ1) is 16.4. The van der Waals surface area contributed by atoms with Gasteiger partial charge in [-0.3, -0.25) is 9.48 Å². The van der Waals surface area contributed by atoms with E-state index in [1.807, 2.05) is 69.6 Å². The van der Waals surface area contributed by atoms with E-state index in [4.69, 9.17) is 19.1 Å². The van der Waals surface area contributed by atoms with Gasteiger partial charge in [0, 0.05) is 17.0 Å². The minimum absolute atomic E-state index is 0.165. The smallest absolute Gasteiger partial charge is 0.487 e. The second-order valence-electron chi connectivity index (χ2n) is 10.5. The van der Waals surface area contributed by atoms with Crippen LogP contribution in [0.15, 0.2) is 42.5 Å². The van der Waals surface area contributed by atoms with Crippen molar-refractivity contribution in [3.05, 3.63) is 53.7 Å². The van der Waals surface area contributed by atoms with E-state index in [-0.39, 0.29) is 12.6 Å². The SMILES string of the molecule is CCC(C(=O)O)c1ccccc1OCc1nn(C(C)C)c2ccc(B3OC(C)(C)C(C)(C)O3)cc12. The molecule has 1 saturated heterocycles. The average Bonchev–Trinajstić information content (AvgIpc) is 3.26. The number of benzene rings is 2. The molecule has 0 amide bonds. The molecule has 1 aromatic heterocycles. The summed E-state index contributed by atoms with van der Waals surface area (Å²) < 4.78 is 20.7. The summed E-state index contributed by atoms with van der Waals surface area (Å²) in [4.78, 5) is 11.8. The number of hydrogen-bond donors (Lipinski definition) is 1. The zero-order chi connectivity index (χ0) is 25.5. The van der Waals surface area contributed by atoms with Gasteiger partial charge in [-0.25, -0.2) is 0 Å². The number of aliphatic carboxylic acids is 1. The van der Waals surface area contributed by atoms with E-state index >= 15 is 0 Å². The summed E-state index contributed by atoms with van der Waals surface area (Å²) >= 11 is 0. The Kier molecular flexibility index (Phi) is 6.73. The summed E-state index contributed by atoms with van der Waals surface area (Å²) in [6, 6.07) is 13.7. The van der Waals surface area contributed by atoms with Crippen molar-refractivity contribution in [1.82, 2.24) is 9.78 Å². The van der Waals surface area contributed by atoms with Crippen LogP contribution in [0.1, 0.15) is 78.1 Å². The maximum absolute atomic E-state index is 11.8. The van der Waals surface area contributed by atoms with Gasteiger partial charge in [0.1, 0.15) is 18.1 Å². The van der Waals surface area contributed by atoms with Crippen LogP contribution in [0.4, 0.5) is 0 Å². The van der Waals surface area contributed by atoms with Crippen LogP contribution in [-0.2, 0) is 20.7 Å². The highest BCUT2D eigenvalue weighted by Gasteiger charge is 2.51. The van der Waals surface area contributed by atoms with Crippen molar-refractivity contribution in [2.45, 2.75) is 84.7 Å². The third-order valence-corrected chi connectivity index (χ3v) is 7.19. The second kappa shape index (κ2) is 9.32. The Labute approximate surface area is 207 Å². The molecule has 0 aliphatic carbocycles. The third kappa shape index (κ3) is 4.69. The molecule has 3 aromatic rings. The Morgan fingerprint density at radius 1 is 1.11 bits per heavy atom. The summed E-state index contributed by atoms with van der Waals surface area (Å²) in [5.74, 6) is -0.910. The molecule has 2 aromatic carbocycles. The highest BCUT2D eigenvalue weighted by molar-refractivity contribution is 6.62. The topological polar surface area (TPSA) is 82.8 Å². The molecule has 1 unspecified atom stereocenters. The minimum atomic E-state index is -0.856. The summed E-state index contributed by atoms with van der Waals surface area (Å²) in [5, 5.41) is 15.5. The lowest BCUT2D eigenvalue weighted by Gasteiger charge is -2.32. The lowest BCUT2D eigenvalue weighted by molar-refractivity contribution is -0.138. The summed E-state index contributed by atoms with van der Waals surface area (Å²) in [7, 11) is -0.470. The van der Waals surface area contributed by atoms with E-state index in [0.29, 0.717) is 17.7 Å². The zero-order valence-electron chi connectivity index (χ0n) is 21.7. The molecule has 7 nitrogen and oxygen atoms in total. The predicted molar refractivity (Wildman–Crippen MR) is 137 cm³/mol. The van der Waals surface area contributed by atoms with Crippen molar-refractivity contribution in [3.63, 3.8) is 0 Å². The van der Waals surface area contributed by atoms with Gasteiger partial charge in [-0.1, -0.05) is 37.3 Å². The molecule has 35 heavy (non-hydrogen) atoms. The zero-order valence-corrected chi connectivity index (χ0v) is 21.7. The summed E-state index contributed by atoms with van der Waals surface area (Å²) in [5.41, 5.74) is 2.54. The fraction of sp³-hybridized carbons (Fsp3) is 0.481. The van der Waals surface area contributed by atoms with Crippen molar-refractivity contribution < 1.29 is 23.9 Å². The quantitative estimate of drug-likeness (QED) is 0.455. The number of aromatic nitrogens is 2. The number of nitrogens with zero attached hydrogens (tertiary/aromatic N) is 2. The lowest BCUT2D eigenvalue weighted by atomic mass is 9.78. The van der Waals surface area contributed by atoms with E-state index in [1.165, 1.54) is 0 Å². The number of hydrogen-bond acceptors (Lipinski definition) is 5. The van der Waals surface area contributed by atoms with Gasteiger partial charge in [0.15, 0.2) is 0 Å². The maximum Gasteiger partial charge on any atom is 0.494 e. The molecular formula is C27H35BN2O5. The van der Waals surface area contributed by atoms with Crippen LogP contribution in [0.5, 0.6) is 5.75 Å². The van der Waals surface area contributed by atoms with Gasteiger partial charge in [0.25, 0.3) is 0 Å². The van der Waals surface area contributed by atoms with Crippen LogP contribution < -0.4 is 10.2 Å². The fourth-order valence-electron chi connectivity index (χ4n) is 4.42. The van der Waals surface area contributed by atoms with Crippen molar-refractivity contribution in [1.29, 1.82) is 0 Å². The van der Waals surface area contributed by atoms with Gasteiger partial charge in [0.2, 0.25) is 0 Å². The third-order valence-electron chi connectivity index (χ3n) is 7.19. The molecule has 8 heteroatoms. The van der Waals surface area contributed by atoms with Gasteiger partial charge >= 0.3 is 13.1 Å². The molecule has 2 heterocycles. The van der Waals surface area contributed by atoms with Crippen LogP contribution in [0, 0.1) is 0 Å². The van der Waals surface area contributed by atoms with E-state index < -0.39 is 30.2 Å². The molecule has 1 atom stereocenters. The number of ether oxygens (including phenoxy) is 1. The average molecular weight is 478 g/mol. The highest BCUT2D eigenvalue weighted by atomic mass is 16.7. The first kappa shape index (κ1) is 25.3. The highest BCUT2D eigenvalue weighted by Crippen LogP contribution is 2.37. The van der Waals surface area contributed by atoms with Crippen LogP contribution in [0.25, 0.3) is 10.9 Å². The Hall–Kier alpha value is -2.84. The van der Waals surface area contributed by atoms with Crippen LogP contribution in [0.3, 0.4) is 0 Å². The number of para-hydroxylation sites is 1. The first-order valence-electron chi connectivity index (χ1n) is 12.3. The van der Waals surface area contributed by atoms with E-state index in [2.05, 4.69) is 26.0 Å². The summed E-state index contributed by atoms with van der Waals surface area (Å²) in [6.07, 6.45) is 0.484. The van der Waals surface area contributed by atoms with Crippen LogP contribution >= 0.6 is 0 Å². The van der Waals surface area contributed by atoms with Crippen molar-refractivity contribution in [2.24, 2.45) is 0 Å². The number of carbonyl (C=O) groups is 1. The van der Waals surface area contributed by atoms with E-state index in [0.717, 1.165) is 22.1 Å². The molecule has 0 bridgehead atoms. The van der Waals surface area contributed by atoms with Gasteiger partial charge in [-0.15, -0.1) is 0 Å². The van der Waals surface area contributed by atoms with Crippen molar-refractivity contribution in [2.75, 3.05) is 0 Å². The van der Waals surface area contributed by atoms with Crippen molar-refractivity contribution in [3.8, 4) is 5.75 Å². The van der Waals surface area contributed by atoms with Gasteiger partial charge < -0.3 is 19.2 Å². The summed E-state index contributed by atoms with van der Waals surface area (Å²) in [6.45, 7) is 14.4. The maximum atomic E-state index is 11.8. The monoisotopic (exact) mass is 478 g/mol. The molecule has 1 fully saturated rings. The number of fused-ring (bicyclic) bond motifs is 1. The second-order valence-corrected chi connectivity index (χ2v) is 10.5. The molecule has 1 aliphatic rings. The Balaban J connectivity index is 1.69. The molecule has 0 spiro atoms. The fourth-order valence-corrected chi connectivity index (χ4v) is 4.42. The largest absolute Gasteiger partial charge is 0.494 e. The number of carboxylic acid groups (broad SMARTS) is 1. The molecule has 0 saturated carbocycles. The predicted octanol–water partition coefficient (Wildman–Crippen LogP) is 5.07. The number of carboxylic acids is 1. The molecular weight excluding hydrogens is 443 g/mol. The molecule has 0 radical (unpaired) electrons. The Morgan fingerprint density at radius 3 is 2.37 bits per heavy atom. The number of rotatable bonds is 8.